The fourth-order valence-electron chi connectivity index (χ4n) is 2.87. The van der Waals surface area contributed by atoms with Crippen molar-refractivity contribution < 1.29 is 22.3 Å². The third-order valence-electron chi connectivity index (χ3n) is 4.58. The predicted octanol–water partition coefficient (Wildman–Crippen LogP) is 4.44. The molecule has 1 N–H and O–H groups in total. The van der Waals surface area contributed by atoms with E-state index < -0.39 is 21.9 Å². The first-order valence-corrected chi connectivity index (χ1v) is 12.0. The van der Waals surface area contributed by atoms with Crippen LogP contribution in [0.25, 0.3) is 0 Å². The van der Waals surface area contributed by atoms with Gasteiger partial charge in [-0.3, -0.25) is 0 Å². The van der Waals surface area contributed by atoms with E-state index in [1.165, 1.54) is 6.07 Å². The highest BCUT2D eigenvalue weighted by atomic mass is 32.2. The first-order chi connectivity index (χ1) is 13.3. The first-order valence-electron chi connectivity index (χ1n) is 10.3. The van der Waals surface area contributed by atoms with Crippen molar-refractivity contribution in [1.82, 2.24) is 4.72 Å². The van der Waals surface area contributed by atoms with Crippen LogP contribution < -0.4 is 9.46 Å². The molecule has 160 valence electrons. The van der Waals surface area contributed by atoms with Crippen molar-refractivity contribution in [2.45, 2.75) is 58.9 Å². The van der Waals surface area contributed by atoms with Gasteiger partial charge >= 0.3 is 0 Å². The Kier molecular flexibility index (Phi) is 9.18. The summed E-state index contributed by atoms with van der Waals surface area (Å²) in [6.07, 6.45) is 4.14. The molecule has 1 aliphatic rings. The minimum Gasteiger partial charge on any atom is -0.490 e. The number of rotatable bonds is 14. The highest BCUT2D eigenvalue weighted by Crippen LogP contribution is 2.31. The minimum atomic E-state index is -3.46. The molecule has 0 unspecified atom stereocenters. The smallest absolute Gasteiger partial charge is 0.212 e. The maximum atomic E-state index is 14.0. The van der Waals surface area contributed by atoms with Gasteiger partial charge in [0.2, 0.25) is 10.0 Å². The summed E-state index contributed by atoms with van der Waals surface area (Å²) in [6, 6.07) is 4.23. The largest absolute Gasteiger partial charge is 0.490 e. The van der Waals surface area contributed by atoms with E-state index in [0.717, 1.165) is 24.8 Å². The van der Waals surface area contributed by atoms with Gasteiger partial charge in [0.1, 0.15) is 0 Å². The molecule has 0 aromatic heterocycles. The molecule has 1 saturated carbocycles. The molecule has 1 aliphatic carbocycles. The maximum Gasteiger partial charge on any atom is 0.212 e. The minimum absolute atomic E-state index is 0.0114. The van der Waals surface area contributed by atoms with Gasteiger partial charge in [0, 0.05) is 19.3 Å². The van der Waals surface area contributed by atoms with E-state index in [1.807, 2.05) is 6.92 Å². The van der Waals surface area contributed by atoms with Gasteiger partial charge in [-0.1, -0.05) is 33.3 Å². The topological polar surface area (TPSA) is 64.6 Å². The van der Waals surface area contributed by atoms with Crippen molar-refractivity contribution in [3.05, 3.63) is 29.6 Å². The second-order valence-electron chi connectivity index (χ2n) is 8.04. The second kappa shape index (κ2) is 11.1. The Balaban J connectivity index is 1.96. The van der Waals surface area contributed by atoms with Gasteiger partial charge in [0.25, 0.3) is 0 Å². The lowest BCUT2D eigenvalue weighted by Crippen LogP contribution is -2.31. The number of hydrogen-bond donors (Lipinski definition) is 1. The summed E-state index contributed by atoms with van der Waals surface area (Å²) in [5.74, 6) is 0.748. The fourth-order valence-corrected chi connectivity index (χ4v) is 4.17. The fraction of sp³-hybridized carbons (Fsp3) is 0.714. The molecule has 1 aromatic rings. The third-order valence-corrected chi connectivity index (χ3v) is 6.05. The van der Waals surface area contributed by atoms with Gasteiger partial charge < -0.3 is 9.47 Å². The van der Waals surface area contributed by atoms with Crippen LogP contribution in [0.4, 0.5) is 4.39 Å². The van der Waals surface area contributed by atoms with Crippen molar-refractivity contribution in [1.29, 1.82) is 0 Å². The molecular formula is C21H34FNO4S. The van der Waals surface area contributed by atoms with Crippen LogP contribution in [-0.2, 0) is 14.8 Å². The van der Waals surface area contributed by atoms with Crippen LogP contribution >= 0.6 is 0 Å². The Morgan fingerprint density at radius 1 is 1.29 bits per heavy atom. The monoisotopic (exact) mass is 415 g/mol. The summed E-state index contributed by atoms with van der Waals surface area (Å²) in [6.45, 7) is 7.67. The normalized spacial score (nSPS) is 15.8. The Hall–Kier alpha value is -1.18. The van der Waals surface area contributed by atoms with Crippen molar-refractivity contribution in [2.24, 2.45) is 11.8 Å². The zero-order valence-electron chi connectivity index (χ0n) is 17.2. The van der Waals surface area contributed by atoms with Crippen LogP contribution in [-0.4, -0.2) is 34.0 Å². The third kappa shape index (κ3) is 8.45. The number of sulfonamides is 1. The molecule has 0 amide bonds. The summed E-state index contributed by atoms with van der Waals surface area (Å²) in [5.41, 5.74) is 0.730. The Labute approximate surface area is 169 Å². The lowest BCUT2D eigenvalue weighted by atomic mass is 10.0. The Bertz CT molecular complexity index is 704. The average Bonchev–Trinajstić information content (AvgIpc) is 3.44. The first kappa shape index (κ1) is 23.1. The molecule has 1 fully saturated rings. The van der Waals surface area contributed by atoms with E-state index >= 15 is 0 Å². The molecule has 7 heteroatoms. The predicted molar refractivity (Wildman–Crippen MR) is 109 cm³/mol. The van der Waals surface area contributed by atoms with Crippen LogP contribution in [0, 0.1) is 17.7 Å². The van der Waals surface area contributed by atoms with E-state index in [4.69, 9.17) is 9.47 Å². The van der Waals surface area contributed by atoms with E-state index in [2.05, 4.69) is 18.6 Å². The van der Waals surface area contributed by atoms with Gasteiger partial charge in [-0.2, -0.15) is 0 Å². The highest BCUT2D eigenvalue weighted by Gasteiger charge is 2.24. The molecule has 5 nitrogen and oxygen atoms in total. The van der Waals surface area contributed by atoms with Gasteiger partial charge in [-0.15, -0.1) is 0 Å². The van der Waals surface area contributed by atoms with Crippen molar-refractivity contribution in [3.8, 4) is 5.75 Å². The van der Waals surface area contributed by atoms with Crippen molar-refractivity contribution in [2.75, 3.05) is 25.6 Å². The summed E-state index contributed by atoms with van der Waals surface area (Å²) >= 11 is 0. The molecule has 0 spiro atoms. The van der Waals surface area contributed by atoms with Crippen LogP contribution in [0.2, 0.25) is 0 Å². The molecule has 1 aromatic carbocycles. The van der Waals surface area contributed by atoms with Crippen molar-refractivity contribution in [3.63, 3.8) is 0 Å². The molecule has 0 radical (unpaired) electrons. The van der Waals surface area contributed by atoms with Gasteiger partial charge in [-0.05, 0) is 55.2 Å². The molecule has 2 rings (SSSR count). The highest BCUT2D eigenvalue weighted by molar-refractivity contribution is 7.89. The molecule has 0 aliphatic heterocycles. The quantitative estimate of drug-likeness (QED) is 0.456. The van der Waals surface area contributed by atoms with Crippen LogP contribution in [0.1, 0.15) is 64.5 Å². The second-order valence-corrected chi connectivity index (χ2v) is 9.92. The molecule has 28 heavy (non-hydrogen) atoms. The summed E-state index contributed by atoms with van der Waals surface area (Å²) in [4.78, 5) is 0. The van der Waals surface area contributed by atoms with E-state index in [1.54, 1.807) is 12.1 Å². The zero-order valence-corrected chi connectivity index (χ0v) is 18.1. The Morgan fingerprint density at radius 3 is 2.68 bits per heavy atom. The maximum absolute atomic E-state index is 14.0. The molecule has 0 saturated heterocycles. The summed E-state index contributed by atoms with van der Waals surface area (Å²) in [5, 5.41) is 0. The Morgan fingerprint density at radius 2 is 2.04 bits per heavy atom. The number of halogens is 1. The molecular weight excluding hydrogens is 381 g/mol. The van der Waals surface area contributed by atoms with Crippen molar-refractivity contribution >= 4 is 10.0 Å². The average molecular weight is 416 g/mol. The van der Waals surface area contributed by atoms with Crippen LogP contribution in [0.5, 0.6) is 5.75 Å². The SMILES string of the molecule is CCC[C@@H](NS(=O)(=O)CCCOCC(C)C)c1ccc(F)c(OCC2CC2)c1. The van der Waals surface area contributed by atoms with Gasteiger partial charge in [-0.25, -0.2) is 17.5 Å². The number of hydrogen-bond acceptors (Lipinski definition) is 4. The summed E-state index contributed by atoms with van der Waals surface area (Å²) < 4.78 is 52.9. The van der Waals surface area contributed by atoms with E-state index in [0.29, 0.717) is 44.5 Å². The molecule has 1 atom stereocenters. The number of nitrogens with one attached hydrogen (secondary N) is 1. The number of ether oxygens (including phenoxy) is 2. The standard InChI is InChI=1S/C21H34FNO4S/c1-4-6-20(23-28(24,25)12-5-11-26-14-16(2)3)18-9-10-19(22)21(13-18)27-15-17-7-8-17/h9-10,13,16-17,20,23H,4-8,11-12,14-15H2,1-3H3/t20-/m1/s1. The van der Waals surface area contributed by atoms with Crippen LogP contribution in [0.3, 0.4) is 0 Å². The molecule has 0 bridgehead atoms. The van der Waals surface area contributed by atoms with Gasteiger partial charge in [0.15, 0.2) is 11.6 Å². The number of benzene rings is 1. The lowest BCUT2D eigenvalue weighted by Gasteiger charge is -2.20. The van der Waals surface area contributed by atoms with Crippen LogP contribution in [0.15, 0.2) is 18.2 Å². The molecule has 0 heterocycles. The van der Waals surface area contributed by atoms with E-state index in [9.17, 15) is 12.8 Å². The van der Waals surface area contributed by atoms with E-state index in [-0.39, 0.29) is 11.5 Å². The zero-order chi connectivity index (χ0) is 20.6. The van der Waals surface area contributed by atoms with Gasteiger partial charge in [0.05, 0.1) is 12.4 Å². The summed E-state index contributed by atoms with van der Waals surface area (Å²) in [7, 11) is -3.46. The lowest BCUT2D eigenvalue weighted by molar-refractivity contribution is 0.111.